The van der Waals surface area contributed by atoms with E-state index < -0.39 is 0 Å². The van der Waals surface area contributed by atoms with Gasteiger partial charge in [0.25, 0.3) is 0 Å². The van der Waals surface area contributed by atoms with Crippen molar-refractivity contribution in [2.45, 2.75) is 46.4 Å². The highest BCUT2D eigenvalue weighted by atomic mass is 16.5. The minimum atomic E-state index is 0.0973. The van der Waals surface area contributed by atoms with Crippen molar-refractivity contribution in [1.29, 1.82) is 0 Å². The number of nitrogens with zero attached hydrogens (tertiary/aromatic N) is 3. The van der Waals surface area contributed by atoms with Gasteiger partial charge in [-0.05, 0) is 31.9 Å². The van der Waals surface area contributed by atoms with Crippen molar-refractivity contribution in [1.82, 2.24) is 15.1 Å². The van der Waals surface area contributed by atoms with Gasteiger partial charge < -0.3 is 9.15 Å². The molecular weight excluding hydrogens is 278 g/mol. The van der Waals surface area contributed by atoms with E-state index in [1.165, 1.54) is 16.7 Å². The van der Waals surface area contributed by atoms with E-state index in [2.05, 4.69) is 54.1 Å². The van der Waals surface area contributed by atoms with Crippen LogP contribution in [0, 0.1) is 20.8 Å². The number of ether oxygens (including phenoxy) is 1. The lowest BCUT2D eigenvalue weighted by molar-refractivity contribution is -0.0658. The van der Waals surface area contributed by atoms with Crippen LogP contribution in [0.15, 0.2) is 22.6 Å². The summed E-state index contributed by atoms with van der Waals surface area (Å²) >= 11 is 0. The van der Waals surface area contributed by atoms with E-state index in [9.17, 15) is 0 Å². The molecule has 0 amide bonds. The van der Waals surface area contributed by atoms with Crippen LogP contribution in [0.2, 0.25) is 0 Å². The summed E-state index contributed by atoms with van der Waals surface area (Å²) in [6, 6.07) is 6.88. The molecule has 0 radical (unpaired) electrons. The summed E-state index contributed by atoms with van der Waals surface area (Å²) in [4.78, 5) is 2.35. The quantitative estimate of drug-likeness (QED) is 0.872. The van der Waals surface area contributed by atoms with Crippen LogP contribution >= 0.6 is 0 Å². The molecule has 0 aliphatic carbocycles. The van der Waals surface area contributed by atoms with Gasteiger partial charge in [-0.15, -0.1) is 10.2 Å². The summed E-state index contributed by atoms with van der Waals surface area (Å²) in [7, 11) is 0. The molecular formula is C17H23N3O2. The van der Waals surface area contributed by atoms with Gasteiger partial charge in [0.1, 0.15) is 0 Å². The largest absolute Gasteiger partial charge is 0.424 e. The number of morpholine rings is 1. The SMILES string of the molecule is Cc1ccc(C)c([C@H]2CN(Cc3nnc(C)o3)[C@@H](C)CO2)c1. The first-order chi connectivity index (χ1) is 10.5. The van der Waals surface area contributed by atoms with Crippen LogP contribution in [0.3, 0.4) is 0 Å². The molecule has 0 saturated carbocycles. The molecule has 3 rings (SSSR count). The van der Waals surface area contributed by atoms with Gasteiger partial charge in [0.05, 0.1) is 19.3 Å². The minimum Gasteiger partial charge on any atom is -0.424 e. The standard InChI is InChI=1S/C17H23N3O2/c1-11-5-6-12(2)15(7-11)16-8-20(13(3)10-21-16)9-17-19-18-14(4)22-17/h5-7,13,16H,8-10H2,1-4H3/t13-,16+/m0/s1. The van der Waals surface area contributed by atoms with Crippen LogP contribution in [-0.4, -0.2) is 34.3 Å². The molecule has 5 nitrogen and oxygen atoms in total. The Morgan fingerprint density at radius 2 is 2.05 bits per heavy atom. The van der Waals surface area contributed by atoms with Crippen LogP contribution in [0.25, 0.3) is 0 Å². The Balaban J connectivity index is 1.76. The van der Waals surface area contributed by atoms with Crippen molar-refractivity contribution < 1.29 is 9.15 Å². The summed E-state index contributed by atoms with van der Waals surface area (Å²) < 4.78 is 11.6. The first-order valence-corrected chi connectivity index (χ1v) is 7.74. The molecule has 1 aliphatic rings. The maximum atomic E-state index is 6.08. The summed E-state index contributed by atoms with van der Waals surface area (Å²) in [5.41, 5.74) is 3.82. The average Bonchev–Trinajstić information content (AvgIpc) is 2.89. The molecule has 0 N–H and O–H groups in total. The van der Waals surface area contributed by atoms with Gasteiger partial charge in [-0.1, -0.05) is 23.8 Å². The Morgan fingerprint density at radius 1 is 1.23 bits per heavy atom. The fourth-order valence-corrected chi connectivity index (χ4v) is 2.90. The molecule has 0 unspecified atom stereocenters. The van der Waals surface area contributed by atoms with Gasteiger partial charge in [-0.3, -0.25) is 4.90 Å². The molecule has 2 atom stereocenters. The van der Waals surface area contributed by atoms with E-state index in [0.29, 0.717) is 31.0 Å². The van der Waals surface area contributed by atoms with Crippen molar-refractivity contribution in [3.05, 3.63) is 46.7 Å². The third-order valence-electron chi connectivity index (χ3n) is 4.25. The van der Waals surface area contributed by atoms with Gasteiger partial charge in [-0.2, -0.15) is 0 Å². The van der Waals surface area contributed by atoms with E-state index >= 15 is 0 Å². The van der Waals surface area contributed by atoms with E-state index in [-0.39, 0.29) is 6.10 Å². The number of hydrogen-bond acceptors (Lipinski definition) is 5. The van der Waals surface area contributed by atoms with E-state index in [1.807, 2.05) is 6.92 Å². The average molecular weight is 301 g/mol. The molecule has 2 heterocycles. The van der Waals surface area contributed by atoms with Crippen LogP contribution < -0.4 is 0 Å². The number of aromatic nitrogens is 2. The van der Waals surface area contributed by atoms with Gasteiger partial charge in [-0.25, -0.2) is 0 Å². The Morgan fingerprint density at radius 3 is 2.77 bits per heavy atom. The lowest BCUT2D eigenvalue weighted by Gasteiger charge is -2.37. The maximum Gasteiger partial charge on any atom is 0.230 e. The molecule has 22 heavy (non-hydrogen) atoms. The molecule has 118 valence electrons. The number of hydrogen-bond donors (Lipinski definition) is 0. The number of benzene rings is 1. The smallest absolute Gasteiger partial charge is 0.230 e. The summed E-state index contributed by atoms with van der Waals surface area (Å²) in [5, 5.41) is 8.01. The predicted octanol–water partition coefficient (Wildman–Crippen LogP) is 2.96. The lowest BCUT2D eigenvalue weighted by atomic mass is 9.99. The Hall–Kier alpha value is -1.72. The second-order valence-corrected chi connectivity index (χ2v) is 6.18. The van der Waals surface area contributed by atoms with Gasteiger partial charge >= 0.3 is 0 Å². The van der Waals surface area contributed by atoms with E-state index in [1.54, 1.807) is 0 Å². The number of aryl methyl sites for hydroxylation is 3. The second-order valence-electron chi connectivity index (χ2n) is 6.18. The van der Waals surface area contributed by atoms with Gasteiger partial charge in [0.15, 0.2) is 0 Å². The summed E-state index contributed by atoms with van der Waals surface area (Å²) in [5.74, 6) is 1.29. The van der Waals surface area contributed by atoms with Crippen LogP contribution in [0.4, 0.5) is 0 Å². The lowest BCUT2D eigenvalue weighted by Crippen LogP contribution is -2.44. The second kappa shape index (κ2) is 6.18. The van der Waals surface area contributed by atoms with Crippen molar-refractivity contribution in [2.75, 3.05) is 13.2 Å². The van der Waals surface area contributed by atoms with Crippen molar-refractivity contribution >= 4 is 0 Å². The number of rotatable bonds is 3. The van der Waals surface area contributed by atoms with Gasteiger partial charge in [0.2, 0.25) is 11.8 Å². The fraction of sp³-hybridized carbons (Fsp3) is 0.529. The topological polar surface area (TPSA) is 51.4 Å². The molecule has 0 bridgehead atoms. The van der Waals surface area contributed by atoms with Gasteiger partial charge in [0, 0.05) is 19.5 Å². The van der Waals surface area contributed by atoms with Crippen molar-refractivity contribution in [3.63, 3.8) is 0 Å². The Labute approximate surface area is 131 Å². The molecule has 1 fully saturated rings. The molecule has 1 saturated heterocycles. The zero-order valence-corrected chi connectivity index (χ0v) is 13.7. The molecule has 5 heteroatoms. The Kier molecular flexibility index (Phi) is 4.27. The molecule has 0 spiro atoms. The Bertz CT molecular complexity index is 653. The van der Waals surface area contributed by atoms with Crippen LogP contribution in [0.1, 0.15) is 41.5 Å². The molecule has 1 aromatic carbocycles. The highest BCUT2D eigenvalue weighted by Gasteiger charge is 2.29. The zero-order valence-electron chi connectivity index (χ0n) is 13.7. The zero-order chi connectivity index (χ0) is 15.7. The maximum absolute atomic E-state index is 6.08. The molecule has 1 aliphatic heterocycles. The first kappa shape index (κ1) is 15.2. The van der Waals surface area contributed by atoms with E-state index in [4.69, 9.17) is 9.15 Å². The first-order valence-electron chi connectivity index (χ1n) is 7.74. The van der Waals surface area contributed by atoms with Crippen LogP contribution in [-0.2, 0) is 11.3 Å². The van der Waals surface area contributed by atoms with Crippen LogP contribution in [0.5, 0.6) is 0 Å². The normalized spacial score (nSPS) is 22.9. The summed E-state index contributed by atoms with van der Waals surface area (Å²) in [6.07, 6.45) is 0.0973. The minimum absolute atomic E-state index is 0.0973. The molecule has 1 aromatic heterocycles. The monoisotopic (exact) mass is 301 g/mol. The molecule has 2 aromatic rings. The van der Waals surface area contributed by atoms with Crippen molar-refractivity contribution in [2.24, 2.45) is 0 Å². The highest BCUT2D eigenvalue weighted by Crippen LogP contribution is 2.28. The third kappa shape index (κ3) is 3.20. The fourth-order valence-electron chi connectivity index (χ4n) is 2.90. The third-order valence-corrected chi connectivity index (χ3v) is 4.25. The van der Waals surface area contributed by atoms with E-state index in [0.717, 1.165) is 6.54 Å². The predicted molar refractivity (Wildman–Crippen MR) is 83.5 cm³/mol. The van der Waals surface area contributed by atoms with Crippen molar-refractivity contribution in [3.8, 4) is 0 Å². The summed E-state index contributed by atoms with van der Waals surface area (Å²) in [6.45, 7) is 10.5. The highest BCUT2D eigenvalue weighted by molar-refractivity contribution is 5.32.